The smallest absolute Gasteiger partial charge is 0.507 e. The van der Waals surface area contributed by atoms with Gasteiger partial charge in [0.05, 0.1) is 11.3 Å². The quantitative estimate of drug-likeness (QED) is 0.0984. The molecule has 1 atom stereocenters. The van der Waals surface area contributed by atoms with E-state index >= 15 is 0 Å². The summed E-state index contributed by atoms with van der Waals surface area (Å²) < 4.78 is 13.7. The summed E-state index contributed by atoms with van der Waals surface area (Å²) in [6, 6.07) is 8.94. The Morgan fingerprint density at radius 1 is 1.15 bits per heavy atom. The molecule has 0 spiro atoms. The van der Waals surface area contributed by atoms with Crippen molar-refractivity contribution in [2.75, 3.05) is 0 Å². The molecule has 244 valence electrons. The van der Waals surface area contributed by atoms with Gasteiger partial charge in [-0.1, -0.05) is 94.9 Å². The van der Waals surface area contributed by atoms with Crippen molar-refractivity contribution in [3.05, 3.63) is 114 Å². The first-order chi connectivity index (χ1) is 21.5. The number of benzene rings is 2. The molecule has 3 nitrogen and oxygen atoms in total. The van der Waals surface area contributed by atoms with Gasteiger partial charge in [0.25, 0.3) is 0 Å². The van der Waals surface area contributed by atoms with Crippen molar-refractivity contribution < 1.29 is 43.8 Å². The van der Waals surface area contributed by atoms with Crippen molar-refractivity contribution in [3.8, 4) is 17.6 Å². The molecular weight excluding hydrogens is 580 g/mol. The van der Waals surface area contributed by atoms with E-state index in [4.69, 9.17) is 0 Å². The normalized spacial score (nSPS) is 12.3. The van der Waals surface area contributed by atoms with Crippen molar-refractivity contribution in [3.63, 3.8) is 0 Å². The van der Waals surface area contributed by atoms with Crippen LogP contribution in [0.25, 0.3) is 5.57 Å². The van der Waals surface area contributed by atoms with E-state index in [-0.39, 0.29) is 47.0 Å². The molecule has 0 aromatic heterocycles. The summed E-state index contributed by atoms with van der Waals surface area (Å²) in [5.41, 5.74) is 6.86. The van der Waals surface area contributed by atoms with Crippen LogP contribution in [-0.4, -0.2) is 17.1 Å². The topological polar surface area (TPSA) is 49.7 Å². The number of hydrogen-bond acceptors (Lipinski definition) is 3. The summed E-state index contributed by atoms with van der Waals surface area (Å²) >= 11 is 0. The van der Waals surface area contributed by atoms with Crippen LogP contribution in [0.5, 0.6) is 5.75 Å². The Bertz CT molecular complexity index is 1380. The van der Waals surface area contributed by atoms with Gasteiger partial charge in [-0.2, -0.15) is 6.42 Å². The van der Waals surface area contributed by atoms with E-state index in [0.29, 0.717) is 17.4 Å². The molecule has 5 heteroatoms. The number of carbonyl (C=O) groups excluding carboxylic acids is 1. The standard InChI is InChI=1S/C16H17NO2.C12H15F.C8H17.C5H6.Na/c1-11-5-3-4-8-17-16(11)12(2)13-6-7-14(10-18)15(19)9-13;1-5-8(2)11-7-6-9(3)10(4)12(11)13;1-3-5-7-8-6-4-2;1-3-5-4-2;/h4-10,12,19H,3H2,1-2H3;5-7H,1-4H3;1,3-8H2,2H3;3H,1H2,2H3;/q;;-1;;+1/b;8-5+;;;. The Balaban J connectivity index is 0. The van der Waals surface area contributed by atoms with Gasteiger partial charge in [0.1, 0.15) is 11.6 Å². The molecule has 1 aliphatic rings. The van der Waals surface area contributed by atoms with Crippen LogP contribution in [0, 0.1) is 38.4 Å². The third-order valence-electron chi connectivity index (χ3n) is 7.49. The van der Waals surface area contributed by atoms with Crippen molar-refractivity contribution in [1.29, 1.82) is 0 Å². The Morgan fingerprint density at radius 2 is 1.83 bits per heavy atom. The summed E-state index contributed by atoms with van der Waals surface area (Å²) in [6.07, 6.45) is 19.0. The number of aldehydes is 1. The summed E-state index contributed by atoms with van der Waals surface area (Å²) in [5, 5.41) is 9.76. The third kappa shape index (κ3) is 17.1. The monoisotopic (exact) mass is 635 g/mol. The molecule has 1 N–H and O–H groups in total. The number of phenolic OH excluding ortho intramolecular Hbond substituents is 1. The average molecular weight is 636 g/mol. The van der Waals surface area contributed by atoms with Crippen LogP contribution in [0.2, 0.25) is 0 Å². The predicted molar refractivity (Wildman–Crippen MR) is 194 cm³/mol. The van der Waals surface area contributed by atoms with Crippen LogP contribution in [0.3, 0.4) is 0 Å². The van der Waals surface area contributed by atoms with Crippen molar-refractivity contribution >= 4 is 17.6 Å². The number of aromatic hydroxyl groups is 1. The number of carbonyl (C=O) groups is 1. The molecule has 0 saturated heterocycles. The molecule has 1 aliphatic heterocycles. The molecule has 0 fully saturated rings. The molecule has 1 unspecified atom stereocenters. The van der Waals surface area contributed by atoms with Gasteiger partial charge in [-0.15, -0.1) is 5.92 Å². The molecule has 46 heavy (non-hydrogen) atoms. The number of nitrogens with zero attached hydrogens (tertiary/aromatic N) is 1. The number of aliphatic imine (C=N–C) groups is 1. The Hall–Kier alpha value is -2.97. The van der Waals surface area contributed by atoms with Gasteiger partial charge in [-0.3, -0.25) is 9.79 Å². The van der Waals surface area contributed by atoms with E-state index in [1.807, 2.05) is 78.1 Å². The van der Waals surface area contributed by atoms with Gasteiger partial charge in [0, 0.05) is 17.7 Å². The maximum atomic E-state index is 13.7. The summed E-state index contributed by atoms with van der Waals surface area (Å²) in [6.45, 7) is 22.9. The second-order valence-corrected chi connectivity index (χ2v) is 10.9. The van der Waals surface area contributed by atoms with Gasteiger partial charge >= 0.3 is 29.6 Å². The van der Waals surface area contributed by atoms with Gasteiger partial charge < -0.3 is 12.0 Å². The largest absolute Gasteiger partial charge is 1.00 e. The molecule has 2 aromatic carbocycles. The van der Waals surface area contributed by atoms with E-state index in [2.05, 4.69) is 43.3 Å². The second kappa shape index (κ2) is 27.2. The maximum absolute atomic E-state index is 13.7. The molecule has 2 aromatic rings. The van der Waals surface area contributed by atoms with Crippen molar-refractivity contribution in [2.24, 2.45) is 4.99 Å². The van der Waals surface area contributed by atoms with Crippen LogP contribution in [0.4, 0.5) is 4.39 Å². The molecule has 0 saturated carbocycles. The van der Waals surface area contributed by atoms with Gasteiger partial charge in [0.15, 0.2) is 6.29 Å². The van der Waals surface area contributed by atoms with Crippen LogP contribution in [0.1, 0.15) is 125 Å². The fourth-order valence-corrected chi connectivity index (χ4v) is 4.31. The SMILES string of the molecule is C/C=C(\C)c1ccc(C)c(C)c1F.C=CC#CC.CC1=CCC=CN=C1C(C)c1ccc(C=O)c(O)c1.[CH2-]CCCCCCC.[Na+]. The minimum absolute atomic E-state index is 0. The molecule has 0 amide bonds. The zero-order chi connectivity index (χ0) is 34.2. The van der Waals surface area contributed by atoms with Crippen molar-refractivity contribution in [1.82, 2.24) is 0 Å². The maximum Gasteiger partial charge on any atom is 1.00 e. The first-order valence-electron chi connectivity index (χ1n) is 15.9. The van der Waals surface area contributed by atoms with Gasteiger partial charge in [-0.25, -0.2) is 4.39 Å². The van der Waals surface area contributed by atoms with Crippen molar-refractivity contribution in [2.45, 2.75) is 106 Å². The number of halogens is 1. The van der Waals surface area contributed by atoms with Crippen LogP contribution in [0.15, 0.2) is 78.0 Å². The van der Waals surface area contributed by atoms with E-state index in [9.17, 15) is 14.3 Å². The summed E-state index contributed by atoms with van der Waals surface area (Å²) in [7, 11) is 0. The number of rotatable bonds is 9. The van der Waals surface area contributed by atoms with Crippen LogP contribution in [-0.2, 0) is 0 Å². The Labute approximate surface area is 302 Å². The van der Waals surface area contributed by atoms with Gasteiger partial charge in [0.2, 0.25) is 0 Å². The fraction of sp³-hybridized carbons (Fsp3) is 0.390. The summed E-state index contributed by atoms with van der Waals surface area (Å²) in [5.74, 6) is 5.28. The van der Waals surface area contributed by atoms with E-state index in [1.54, 1.807) is 25.1 Å². The van der Waals surface area contributed by atoms with E-state index in [1.165, 1.54) is 32.1 Å². The zero-order valence-electron chi connectivity index (χ0n) is 30.0. The molecule has 1 heterocycles. The average Bonchev–Trinajstić information content (AvgIpc) is 3.26. The number of aryl methyl sites for hydroxylation is 1. The first kappa shape index (κ1) is 45.2. The van der Waals surface area contributed by atoms with Crippen LogP contribution < -0.4 is 29.6 Å². The Kier molecular flexibility index (Phi) is 26.7. The zero-order valence-corrected chi connectivity index (χ0v) is 32.0. The minimum atomic E-state index is -0.0874. The Morgan fingerprint density at radius 3 is 2.35 bits per heavy atom. The number of hydrogen-bond donors (Lipinski definition) is 1. The number of phenols is 1. The number of allylic oxidation sites excluding steroid dienone is 6. The molecule has 0 bridgehead atoms. The molecular formula is C41H55FNNaO2. The molecule has 3 rings (SSSR count). The fourth-order valence-electron chi connectivity index (χ4n) is 4.31. The van der Waals surface area contributed by atoms with Gasteiger partial charge in [-0.05, 0) is 94.0 Å². The second-order valence-electron chi connectivity index (χ2n) is 10.9. The van der Waals surface area contributed by atoms with E-state index in [0.717, 1.165) is 46.4 Å². The van der Waals surface area contributed by atoms with E-state index < -0.39 is 0 Å². The third-order valence-corrected chi connectivity index (χ3v) is 7.49. The number of unbranched alkanes of at least 4 members (excludes halogenated alkanes) is 5. The summed E-state index contributed by atoms with van der Waals surface area (Å²) in [4.78, 5) is 15.2. The molecule has 0 aliphatic carbocycles. The van der Waals surface area contributed by atoms with Crippen LogP contribution >= 0.6 is 0 Å². The first-order valence-corrected chi connectivity index (χ1v) is 15.9. The minimum Gasteiger partial charge on any atom is -0.507 e. The molecule has 0 radical (unpaired) electrons. The predicted octanol–water partition coefficient (Wildman–Crippen LogP) is 8.86.